The molecule has 2 atom stereocenters. The van der Waals surface area contributed by atoms with Crippen LogP contribution in [0.4, 0.5) is 13.2 Å². The van der Waals surface area contributed by atoms with Gasteiger partial charge in [-0.3, -0.25) is 4.90 Å². The molecule has 3 nitrogen and oxygen atoms in total. The number of piperazine rings is 1. The maximum absolute atomic E-state index is 12.1. The molecule has 118 valence electrons. The molecule has 2 fully saturated rings. The van der Waals surface area contributed by atoms with Gasteiger partial charge in [0.05, 0.1) is 6.61 Å². The van der Waals surface area contributed by atoms with Gasteiger partial charge in [-0.15, -0.1) is 0 Å². The number of halogens is 3. The molecule has 2 unspecified atom stereocenters. The van der Waals surface area contributed by atoms with Gasteiger partial charge in [0.15, 0.2) is 0 Å². The molecule has 0 amide bonds. The smallest absolute Gasteiger partial charge is 0.371 e. The minimum Gasteiger partial charge on any atom is -0.371 e. The van der Waals surface area contributed by atoms with Gasteiger partial charge in [0.1, 0.15) is 6.61 Å². The molecule has 2 aliphatic rings. The van der Waals surface area contributed by atoms with Gasteiger partial charge in [-0.05, 0) is 24.7 Å². The van der Waals surface area contributed by atoms with Crippen molar-refractivity contribution in [3.63, 3.8) is 0 Å². The van der Waals surface area contributed by atoms with Crippen molar-refractivity contribution in [2.75, 3.05) is 32.8 Å². The summed E-state index contributed by atoms with van der Waals surface area (Å²) in [6.45, 7) is 5.83. The number of rotatable bonds is 6. The van der Waals surface area contributed by atoms with Crippen LogP contribution in [0.2, 0.25) is 0 Å². The highest BCUT2D eigenvalue weighted by Gasteiger charge is 2.39. The zero-order chi connectivity index (χ0) is 14.8. The Kier molecular flexibility index (Phi) is 5.31. The Balaban J connectivity index is 1.78. The maximum atomic E-state index is 12.1. The lowest BCUT2D eigenvalue weighted by Gasteiger charge is -2.42. The van der Waals surface area contributed by atoms with Crippen molar-refractivity contribution in [2.45, 2.75) is 44.9 Å². The van der Waals surface area contributed by atoms with E-state index in [0.29, 0.717) is 24.5 Å². The lowest BCUT2D eigenvalue weighted by Crippen LogP contribution is -2.59. The molecule has 1 saturated carbocycles. The predicted octanol–water partition coefficient (Wildman–Crippen LogP) is 2.27. The first-order chi connectivity index (χ1) is 9.37. The normalized spacial score (nSPS) is 29.1. The first-order valence-corrected chi connectivity index (χ1v) is 7.49. The molecule has 1 heterocycles. The van der Waals surface area contributed by atoms with E-state index in [1.54, 1.807) is 0 Å². The number of alkyl halides is 3. The highest BCUT2D eigenvalue weighted by Crippen LogP contribution is 2.36. The Morgan fingerprint density at radius 2 is 2.00 bits per heavy atom. The van der Waals surface area contributed by atoms with Crippen molar-refractivity contribution in [1.29, 1.82) is 0 Å². The van der Waals surface area contributed by atoms with Crippen molar-refractivity contribution in [1.82, 2.24) is 10.2 Å². The molecule has 0 spiro atoms. The van der Waals surface area contributed by atoms with Crippen LogP contribution in [0.5, 0.6) is 0 Å². The summed E-state index contributed by atoms with van der Waals surface area (Å²) in [5, 5.41) is 3.57. The van der Waals surface area contributed by atoms with Gasteiger partial charge in [-0.25, -0.2) is 0 Å². The quantitative estimate of drug-likeness (QED) is 0.761. The van der Waals surface area contributed by atoms with E-state index < -0.39 is 12.8 Å². The molecular weight excluding hydrogens is 269 g/mol. The minimum atomic E-state index is -4.22. The molecule has 2 rings (SSSR count). The SMILES string of the molecule is CC(C)C1CN(CCOCC(F)(F)F)C(C2CC2)CN1. The predicted molar refractivity (Wildman–Crippen MR) is 71.6 cm³/mol. The molecule has 0 bridgehead atoms. The fraction of sp³-hybridized carbons (Fsp3) is 1.00. The number of ether oxygens (including phenoxy) is 1. The number of hydrogen-bond donors (Lipinski definition) is 1. The molecule has 1 N–H and O–H groups in total. The molecular formula is C14H25F3N2O. The van der Waals surface area contributed by atoms with Gasteiger partial charge >= 0.3 is 6.18 Å². The zero-order valence-corrected chi connectivity index (χ0v) is 12.2. The van der Waals surface area contributed by atoms with Gasteiger partial charge in [0.2, 0.25) is 0 Å². The van der Waals surface area contributed by atoms with E-state index in [-0.39, 0.29) is 6.61 Å². The van der Waals surface area contributed by atoms with Gasteiger partial charge in [-0.1, -0.05) is 13.8 Å². The third-order valence-electron chi connectivity index (χ3n) is 4.25. The van der Waals surface area contributed by atoms with Crippen molar-refractivity contribution in [3.8, 4) is 0 Å². The molecule has 0 aromatic heterocycles. The highest BCUT2D eigenvalue weighted by molar-refractivity contribution is 4.95. The molecule has 0 aromatic rings. The second-order valence-electron chi connectivity index (χ2n) is 6.33. The van der Waals surface area contributed by atoms with Crippen LogP contribution in [0.25, 0.3) is 0 Å². The van der Waals surface area contributed by atoms with E-state index in [1.807, 2.05) is 0 Å². The monoisotopic (exact) mass is 294 g/mol. The largest absolute Gasteiger partial charge is 0.411 e. The fourth-order valence-corrected chi connectivity index (χ4v) is 2.87. The van der Waals surface area contributed by atoms with Gasteiger partial charge < -0.3 is 10.1 Å². The Morgan fingerprint density at radius 1 is 1.30 bits per heavy atom. The van der Waals surface area contributed by atoms with Crippen LogP contribution in [0.3, 0.4) is 0 Å². The van der Waals surface area contributed by atoms with E-state index in [0.717, 1.165) is 19.0 Å². The minimum absolute atomic E-state index is 0.160. The van der Waals surface area contributed by atoms with Gasteiger partial charge in [-0.2, -0.15) is 13.2 Å². The summed E-state index contributed by atoms with van der Waals surface area (Å²) in [5.41, 5.74) is 0. The van der Waals surface area contributed by atoms with E-state index >= 15 is 0 Å². The molecule has 6 heteroatoms. The standard InChI is InChI=1S/C14H25F3N2O/c1-10(2)12-8-19(5-6-20-9-14(15,16)17)13(7-18-12)11-3-4-11/h10-13,18H,3-9H2,1-2H3. The third-order valence-corrected chi connectivity index (χ3v) is 4.25. The molecule has 1 aliphatic carbocycles. The Labute approximate surface area is 118 Å². The van der Waals surface area contributed by atoms with Crippen LogP contribution in [-0.4, -0.2) is 56.0 Å². The first-order valence-electron chi connectivity index (χ1n) is 7.49. The van der Waals surface area contributed by atoms with E-state index in [2.05, 4.69) is 24.1 Å². The summed E-state index contributed by atoms with van der Waals surface area (Å²) < 4.78 is 40.9. The lowest BCUT2D eigenvalue weighted by molar-refractivity contribution is -0.175. The van der Waals surface area contributed by atoms with Crippen molar-refractivity contribution >= 4 is 0 Å². The molecule has 1 aliphatic heterocycles. The first kappa shape index (κ1) is 16.0. The second kappa shape index (κ2) is 6.62. The fourth-order valence-electron chi connectivity index (χ4n) is 2.87. The highest BCUT2D eigenvalue weighted by atomic mass is 19.4. The number of nitrogens with zero attached hydrogens (tertiary/aromatic N) is 1. The molecule has 20 heavy (non-hydrogen) atoms. The van der Waals surface area contributed by atoms with E-state index in [1.165, 1.54) is 12.8 Å². The van der Waals surface area contributed by atoms with E-state index in [9.17, 15) is 13.2 Å². The topological polar surface area (TPSA) is 24.5 Å². The third kappa shape index (κ3) is 4.90. The van der Waals surface area contributed by atoms with Gasteiger partial charge in [0, 0.05) is 31.7 Å². The van der Waals surface area contributed by atoms with Crippen LogP contribution >= 0.6 is 0 Å². The number of hydrogen-bond acceptors (Lipinski definition) is 3. The summed E-state index contributed by atoms with van der Waals surface area (Å²) >= 11 is 0. The summed E-state index contributed by atoms with van der Waals surface area (Å²) in [6, 6.07) is 0.895. The van der Waals surface area contributed by atoms with Crippen LogP contribution in [0.1, 0.15) is 26.7 Å². The summed E-state index contributed by atoms with van der Waals surface area (Å²) in [4.78, 5) is 2.33. The Hall–Kier alpha value is -0.330. The molecule has 1 saturated heterocycles. The Morgan fingerprint density at radius 3 is 2.55 bits per heavy atom. The Bertz CT molecular complexity index is 305. The van der Waals surface area contributed by atoms with Crippen molar-refractivity contribution in [3.05, 3.63) is 0 Å². The second-order valence-corrected chi connectivity index (χ2v) is 6.33. The summed E-state index contributed by atoms with van der Waals surface area (Å²) in [5.74, 6) is 1.26. The average Bonchev–Trinajstić information content (AvgIpc) is 3.17. The van der Waals surface area contributed by atoms with Crippen LogP contribution in [0.15, 0.2) is 0 Å². The average molecular weight is 294 g/mol. The molecule has 0 aromatic carbocycles. The van der Waals surface area contributed by atoms with Crippen LogP contribution in [0, 0.1) is 11.8 Å². The van der Waals surface area contributed by atoms with Crippen molar-refractivity contribution in [2.24, 2.45) is 11.8 Å². The lowest BCUT2D eigenvalue weighted by atomic mass is 9.97. The van der Waals surface area contributed by atoms with Crippen molar-refractivity contribution < 1.29 is 17.9 Å². The zero-order valence-electron chi connectivity index (χ0n) is 12.2. The van der Waals surface area contributed by atoms with Crippen LogP contribution < -0.4 is 5.32 Å². The van der Waals surface area contributed by atoms with Gasteiger partial charge in [0.25, 0.3) is 0 Å². The maximum Gasteiger partial charge on any atom is 0.411 e. The number of nitrogens with one attached hydrogen (secondary N) is 1. The molecule has 0 radical (unpaired) electrons. The summed E-state index contributed by atoms with van der Waals surface area (Å²) in [7, 11) is 0. The van der Waals surface area contributed by atoms with Crippen LogP contribution in [-0.2, 0) is 4.74 Å². The van der Waals surface area contributed by atoms with E-state index in [4.69, 9.17) is 4.74 Å². The summed E-state index contributed by atoms with van der Waals surface area (Å²) in [6.07, 6.45) is -1.73.